The normalized spacial score (nSPS) is 13.9. The number of amides is 5. The number of halogens is 3. The Morgan fingerprint density at radius 1 is 0.886 bits per heavy atom. The smallest absolute Gasteiger partial charge is 0.335 e. The average Bonchev–Trinajstić information content (AvgIpc) is 3.00. The topological polar surface area (TPSA) is 114 Å². The van der Waals surface area contributed by atoms with Crippen LogP contribution in [0.1, 0.15) is 11.1 Å². The van der Waals surface area contributed by atoms with Crippen LogP contribution in [0.3, 0.4) is 0 Å². The fourth-order valence-corrected chi connectivity index (χ4v) is 5.74. The third-order valence-electron chi connectivity index (χ3n) is 6.25. The summed E-state index contributed by atoms with van der Waals surface area (Å²) in [4.78, 5) is 52.0. The van der Waals surface area contributed by atoms with Crippen LogP contribution < -0.4 is 25.0 Å². The molecule has 5 rings (SSSR count). The molecule has 1 heterocycles. The third kappa shape index (κ3) is 7.54. The molecule has 1 aliphatic heterocycles. The molecular weight excluding hydrogens is 718 g/mol. The number of urea groups is 1. The minimum absolute atomic E-state index is 0.246. The van der Waals surface area contributed by atoms with Crippen LogP contribution in [0, 0.1) is 0 Å². The minimum atomic E-state index is -0.863. The molecule has 0 aliphatic carbocycles. The SMILES string of the molecule is O=C(COc1c(Br)cc(/C=C2\C(=O)NC(=O)N(c3ccc(OCc4ccccc4)cc3)C2=O)cc1Br)Nc1ccc(Cl)cc1. The summed E-state index contributed by atoms with van der Waals surface area (Å²) in [5.41, 5.74) is 2.04. The van der Waals surface area contributed by atoms with Crippen molar-refractivity contribution in [2.45, 2.75) is 6.61 Å². The lowest BCUT2D eigenvalue weighted by molar-refractivity contribution is -0.122. The van der Waals surface area contributed by atoms with E-state index >= 15 is 0 Å². The van der Waals surface area contributed by atoms with Crippen LogP contribution in [0.25, 0.3) is 6.08 Å². The Bertz CT molecular complexity index is 1740. The van der Waals surface area contributed by atoms with Crippen molar-refractivity contribution in [2.75, 3.05) is 16.8 Å². The van der Waals surface area contributed by atoms with Gasteiger partial charge in [-0.2, -0.15) is 0 Å². The molecule has 222 valence electrons. The molecule has 1 saturated heterocycles. The van der Waals surface area contributed by atoms with E-state index in [1.807, 2.05) is 30.3 Å². The lowest BCUT2D eigenvalue weighted by atomic mass is 10.1. The number of anilines is 2. The molecular formula is C32H22Br2ClN3O6. The van der Waals surface area contributed by atoms with Crippen molar-refractivity contribution in [1.82, 2.24) is 5.32 Å². The molecule has 0 unspecified atom stereocenters. The number of nitrogens with zero attached hydrogens (tertiary/aromatic N) is 1. The van der Waals surface area contributed by atoms with Gasteiger partial charge < -0.3 is 14.8 Å². The highest BCUT2D eigenvalue weighted by atomic mass is 79.9. The van der Waals surface area contributed by atoms with Gasteiger partial charge in [0.1, 0.15) is 23.7 Å². The average molecular weight is 740 g/mol. The quantitative estimate of drug-likeness (QED) is 0.140. The van der Waals surface area contributed by atoms with Crippen LogP contribution in [-0.2, 0) is 21.0 Å². The van der Waals surface area contributed by atoms with Crippen molar-refractivity contribution in [2.24, 2.45) is 0 Å². The molecule has 4 aromatic carbocycles. The van der Waals surface area contributed by atoms with Gasteiger partial charge >= 0.3 is 6.03 Å². The summed E-state index contributed by atoms with van der Waals surface area (Å²) < 4.78 is 12.4. The lowest BCUT2D eigenvalue weighted by Crippen LogP contribution is -2.54. The summed E-state index contributed by atoms with van der Waals surface area (Å²) in [6, 6.07) is 25.1. The van der Waals surface area contributed by atoms with Crippen LogP contribution in [0.4, 0.5) is 16.2 Å². The van der Waals surface area contributed by atoms with Crippen molar-refractivity contribution < 1.29 is 28.7 Å². The van der Waals surface area contributed by atoms with Gasteiger partial charge in [-0.15, -0.1) is 0 Å². The molecule has 2 N–H and O–H groups in total. The summed E-state index contributed by atoms with van der Waals surface area (Å²) in [6.07, 6.45) is 1.36. The van der Waals surface area contributed by atoms with Crippen LogP contribution in [-0.4, -0.2) is 30.4 Å². The highest BCUT2D eigenvalue weighted by Crippen LogP contribution is 2.36. The molecule has 0 radical (unpaired) electrons. The molecule has 12 heteroatoms. The molecule has 1 fully saturated rings. The summed E-state index contributed by atoms with van der Waals surface area (Å²) in [5, 5.41) is 5.47. The van der Waals surface area contributed by atoms with Crippen molar-refractivity contribution >= 4 is 84.7 Å². The highest BCUT2D eigenvalue weighted by Gasteiger charge is 2.37. The Labute approximate surface area is 274 Å². The first kappa shape index (κ1) is 31.0. The highest BCUT2D eigenvalue weighted by molar-refractivity contribution is 9.11. The second-order valence-electron chi connectivity index (χ2n) is 9.38. The Morgan fingerprint density at radius 3 is 2.20 bits per heavy atom. The number of hydrogen-bond acceptors (Lipinski definition) is 6. The van der Waals surface area contributed by atoms with Crippen LogP contribution in [0.5, 0.6) is 11.5 Å². The van der Waals surface area contributed by atoms with Gasteiger partial charge in [-0.1, -0.05) is 41.9 Å². The molecule has 0 spiro atoms. The number of hydrogen-bond donors (Lipinski definition) is 2. The summed E-state index contributed by atoms with van der Waals surface area (Å²) >= 11 is 12.7. The molecule has 0 saturated carbocycles. The molecule has 9 nitrogen and oxygen atoms in total. The first-order valence-electron chi connectivity index (χ1n) is 13.0. The van der Waals surface area contributed by atoms with Gasteiger partial charge in [-0.3, -0.25) is 19.7 Å². The fraction of sp³-hybridized carbons (Fsp3) is 0.0625. The van der Waals surface area contributed by atoms with Crippen molar-refractivity contribution in [3.63, 3.8) is 0 Å². The fourth-order valence-electron chi connectivity index (χ4n) is 4.16. The van der Waals surface area contributed by atoms with E-state index in [1.165, 1.54) is 6.08 Å². The summed E-state index contributed by atoms with van der Waals surface area (Å²) in [7, 11) is 0. The zero-order chi connectivity index (χ0) is 31.2. The van der Waals surface area contributed by atoms with E-state index in [0.29, 0.717) is 43.3 Å². The number of ether oxygens (including phenoxy) is 2. The maximum Gasteiger partial charge on any atom is 0.335 e. The first-order valence-corrected chi connectivity index (χ1v) is 15.0. The van der Waals surface area contributed by atoms with Gasteiger partial charge in [-0.05, 0) is 110 Å². The predicted octanol–water partition coefficient (Wildman–Crippen LogP) is 7.13. The summed E-state index contributed by atoms with van der Waals surface area (Å²) in [6.45, 7) is 0.0740. The molecule has 44 heavy (non-hydrogen) atoms. The zero-order valence-corrected chi connectivity index (χ0v) is 26.6. The van der Waals surface area contributed by atoms with E-state index in [1.54, 1.807) is 60.7 Å². The Hall–Kier alpha value is -4.45. The Morgan fingerprint density at radius 2 is 1.55 bits per heavy atom. The van der Waals surface area contributed by atoms with Gasteiger partial charge in [0.25, 0.3) is 17.7 Å². The number of carbonyl (C=O) groups excluding carboxylic acids is 4. The number of nitrogens with one attached hydrogen (secondary N) is 2. The predicted molar refractivity (Wildman–Crippen MR) is 174 cm³/mol. The second-order valence-corrected chi connectivity index (χ2v) is 11.5. The van der Waals surface area contributed by atoms with Crippen molar-refractivity contribution in [1.29, 1.82) is 0 Å². The van der Waals surface area contributed by atoms with Crippen LogP contribution in [0.15, 0.2) is 106 Å². The van der Waals surface area contributed by atoms with Gasteiger partial charge in [0.2, 0.25) is 0 Å². The molecule has 0 aromatic heterocycles. The third-order valence-corrected chi connectivity index (χ3v) is 7.68. The molecule has 0 bridgehead atoms. The maximum absolute atomic E-state index is 13.4. The van der Waals surface area contributed by atoms with Crippen molar-refractivity contribution in [3.05, 3.63) is 122 Å². The van der Waals surface area contributed by atoms with E-state index in [2.05, 4.69) is 42.5 Å². The molecule has 5 amide bonds. The monoisotopic (exact) mass is 737 g/mol. The van der Waals surface area contributed by atoms with E-state index in [4.69, 9.17) is 21.1 Å². The van der Waals surface area contributed by atoms with E-state index in [0.717, 1.165) is 10.5 Å². The van der Waals surface area contributed by atoms with E-state index in [-0.39, 0.29) is 23.8 Å². The van der Waals surface area contributed by atoms with Gasteiger partial charge in [0.05, 0.1) is 14.6 Å². The second kappa shape index (κ2) is 13.9. The number of barbiturate groups is 1. The maximum atomic E-state index is 13.4. The van der Waals surface area contributed by atoms with E-state index < -0.39 is 17.8 Å². The van der Waals surface area contributed by atoms with Gasteiger partial charge in [-0.25, -0.2) is 9.69 Å². The van der Waals surface area contributed by atoms with Crippen molar-refractivity contribution in [3.8, 4) is 11.5 Å². The number of benzene rings is 4. The Kier molecular flexibility index (Phi) is 9.78. The largest absolute Gasteiger partial charge is 0.489 e. The molecule has 1 aliphatic rings. The molecule has 0 atom stereocenters. The number of carbonyl (C=O) groups is 4. The van der Waals surface area contributed by atoms with E-state index in [9.17, 15) is 19.2 Å². The number of imide groups is 2. The summed E-state index contributed by atoms with van der Waals surface area (Å²) in [5.74, 6) is -1.12. The zero-order valence-electron chi connectivity index (χ0n) is 22.7. The van der Waals surface area contributed by atoms with Gasteiger partial charge in [0.15, 0.2) is 6.61 Å². The van der Waals surface area contributed by atoms with Gasteiger partial charge in [0, 0.05) is 10.7 Å². The Balaban J connectivity index is 1.27. The molecule has 4 aromatic rings. The minimum Gasteiger partial charge on any atom is -0.489 e. The first-order chi connectivity index (χ1) is 21.2. The van der Waals surface area contributed by atoms with Crippen LogP contribution in [0.2, 0.25) is 5.02 Å². The lowest BCUT2D eigenvalue weighted by Gasteiger charge is -2.26. The standard InChI is InChI=1S/C32H22Br2ClN3O6/c33-26-15-20(16-27(34)29(26)44-18-28(39)36-22-8-6-21(35)7-9-22)14-25-30(40)37-32(42)38(31(25)41)23-10-12-24(13-11-23)43-17-19-4-2-1-3-5-19/h1-16H,17-18H2,(H,36,39)(H,37,40,42)/b25-14+. The number of rotatable bonds is 9. The van der Waals surface area contributed by atoms with Crippen LogP contribution >= 0.6 is 43.5 Å².